The van der Waals surface area contributed by atoms with Crippen LogP contribution in [0.3, 0.4) is 0 Å². The summed E-state index contributed by atoms with van der Waals surface area (Å²) in [6.07, 6.45) is -0.149. The van der Waals surface area contributed by atoms with E-state index >= 15 is 0 Å². The predicted octanol–water partition coefficient (Wildman–Crippen LogP) is 3.45. The van der Waals surface area contributed by atoms with Crippen LogP contribution in [-0.2, 0) is 25.9 Å². The summed E-state index contributed by atoms with van der Waals surface area (Å²) < 4.78 is 72.1. The molecule has 2 aromatic carbocycles. The molecule has 0 N–H and O–H groups in total. The lowest BCUT2D eigenvalue weighted by Crippen LogP contribution is -2.20. The van der Waals surface area contributed by atoms with Crippen LogP contribution < -0.4 is 4.80 Å². The van der Waals surface area contributed by atoms with Crippen LogP contribution in [0.2, 0.25) is 0 Å². The lowest BCUT2D eigenvalue weighted by molar-refractivity contribution is -0.118. The van der Waals surface area contributed by atoms with Crippen LogP contribution in [0.1, 0.15) is 12.8 Å². The number of amides is 1. The van der Waals surface area contributed by atoms with Gasteiger partial charge in [-0.15, -0.1) is 0 Å². The fourth-order valence-electron chi connectivity index (χ4n) is 2.94. The Morgan fingerprint density at radius 3 is 2.52 bits per heavy atom. The van der Waals surface area contributed by atoms with Crippen LogP contribution >= 0.6 is 11.3 Å². The van der Waals surface area contributed by atoms with Gasteiger partial charge in [0.15, 0.2) is 20.5 Å². The van der Waals surface area contributed by atoms with E-state index in [-0.39, 0.29) is 47.0 Å². The molecule has 0 fully saturated rings. The van der Waals surface area contributed by atoms with Crippen molar-refractivity contribution in [3.63, 3.8) is 0 Å². The summed E-state index contributed by atoms with van der Waals surface area (Å²) in [7, 11) is -2.20. The van der Waals surface area contributed by atoms with E-state index in [9.17, 15) is 26.4 Å². The summed E-state index contributed by atoms with van der Waals surface area (Å²) in [4.78, 5) is 16.4. The molecule has 0 atom stereocenters. The van der Waals surface area contributed by atoms with Gasteiger partial charge in [0.05, 0.1) is 27.5 Å². The molecule has 31 heavy (non-hydrogen) atoms. The Hall–Kier alpha value is -2.50. The number of methoxy groups -OCH3 is 1. The lowest BCUT2D eigenvalue weighted by atomic mass is 10.3. The molecule has 3 rings (SSSR count). The number of sulfone groups is 1. The van der Waals surface area contributed by atoms with Crippen molar-refractivity contribution in [1.29, 1.82) is 0 Å². The fourth-order valence-corrected chi connectivity index (χ4v) is 5.36. The first-order chi connectivity index (χ1) is 14.7. The second-order valence-electron chi connectivity index (χ2n) is 6.65. The van der Waals surface area contributed by atoms with Gasteiger partial charge in [0.1, 0.15) is 11.6 Å². The predicted molar refractivity (Wildman–Crippen MR) is 110 cm³/mol. The second kappa shape index (κ2) is 9.75. The third-order valence-corrected chi connectivity index (χ3v) is 7.25. The minimum atomic E-state index is -3.67. The van der Waals surface area contributed by atoms with Gasteiger partial charge in [0, 0.05) is 26.1 Å². The molecule has 0 aliphatic rings. The highest BCUT2D eigenvalue weighted by Crippen LogP contribution is 2.22. The summed E-state index contributed by atoms with van der Waals surface area (Å²) in [6.45, 7) is 0.421. The number of carbonyl (C=O) groups excluding carboxylic acids is 1. The number of thiazole rings is 1. The van der Waals surface area contributed by atoms with Crippen molar-refractivity contribution in [1.82, 2.24) is 4.57 Å². The highest BCUT2D eigenvalue weighted by Gasteiger charge is 2.16. The van der Waals surface area contributed by atoms with E-state index in [1.165, 1.54) is 23.8 Å². The van der Waals surface area contributed by atoms with E-state index in [4.69, 9.17) is 4.74 Å². The van der Waals surface area contributed by atoms with E-state index in [0.717, 1.165) is 35.6 Å². The largest absolute Gasteiger partial charge is 0.383 e. The van der Waals surface area contributed by atoms with Gasteiger partial charge in [-0.05, 0) is 36.8 Å². The molecular weight excluding hydrogens is 453 g/mol. The first-order valence-corrected chi connectivity index (χ1v) is 11.7. The average Bonchev–Trinajstić information content (AvgIpc) is 3.03. The van der Waals surface area contributed by atoms with Gasteiger partial charge in [0.2, 0.25) is 5.91 Å². The summed E-state index contributed by atoms with van der Waals surface area (Å²) >= 11 is 0.954. The second-order valence-corrected chi connectivity index (χ2v) is 9.76. The van der Waals surface area contributed by atoms with Crippen LogP contribution in [0.25, 0.3) is 10.2 Å². The Morgan fingerprint density at radius 1 is 1.13 bits per heavy atom. The molecule has 11 heteroatoms. The first-order valence-electron chi connectivity index (χ1n) is 9.24. The van der Waals surface area contributed by atoms with E-state index < -0.39 is 33.2 Å². The quantitative estimate of drug-likeness (QED) is 0.471. The molecule has 0 aliphatic carbocycles. The Labute approximate surface area is 180 Å². The summed E-state index contributed by atoms with van der Waals surface area (Å²) in [5, 5.41) is 0. The van der Waals surface area contributed by atoms with Gasteiger partial charge in [-0.25, -0.2) is 21.6 Å². The molecule has 166 valence electrons. The number of benzene rings is 2. The third kappa shape index (κ3) is 5.60. The molecule has 1 heterocycles. The van der Waals surface area contributed by atoms with E-state index in [1.807, 2.05) is 0 Å². The van der Waals surface area contributed by atoms with Gasteiger partial charge < -0.3 is 9.30 Å². The zero-order chi connectivity index (χ0) is 22.6. The highest BCUT2D eigenvalue weighted by molar-refractivity contribution is 7.91. The van der Waals surface area contributed by atoms with Crippen molar-refractivity contribution in [3.8, 4) is 0 Å². The van der Waals surface area contributed by atoms with Gasteiger partial charge >= 0.3 is 0 Å². The smallest absolute Gasteiger partial charge is 0.248 e. The molecule has 0 radical (unpaired) electrons. The minimum Gasteiger partial charge on any atom is -0.383 e. The van der Waals surface area contributed by atoms with Gasteiger partial charge in [0.25, 0.3) is 0 Å². The van der Waals surface area contributed by atoms with Gasteiger partial charge in [-0.1, -0.05) is 11.3 Å². The number of ether oxygens (including phenoxy) is 1. The zero-order valence-electron chi connectivity index (χ0n) is 16.5. The Kier molecular flexibility index (Phi) is 7.29. The number of hydrogen-bond donors (Lipinski definition) is 0. The molecule has 0 spiro atoms. The lowest BCUT2D eigenvalue weighted by Gasteiger charge is -2.05. The van der Waals surface area contributed by atoms with Crippen LogP contribution in [-0.4, -0.2) is 38.4 Å². The SMILES string of the molecule is COCCn1c(=NC(=O)CCCS(=O)(=O)c2ccc(F)cc2)sc2cc(F)cc(F)c21. The highest BCUT2D eigenvalue weighted by atomic mass is 32.2. The fraction of sp³-hybridized carbons (Fsp3) is 0.300. The van der Waals surface area contributed by atoms with Crippen molar-refractivity contribution in [2.45, 2.75) is 24.3 Å². The molecule has 1 aromatic heterocycles. The zero-order valence-corrected chi connectivity index (χ0v) is 18.1. The summed E-state index contributed by atoms with van der Waals surface area (Å²) in [5.74, 6) is -2.96. The summed E-state index contributed by atoms with van der Waals surface area (Å²) in [6, 6.07) is 6.35. The number of hydrogen-bond acceptors (Lipinski definition) is 5. The first kappa shape index (κ1) is 23.2. The number of aromatic nitrogens is 1. The van der Waals surface area contributed by atoms with Crippen LogP contribution in [0.4, 0.5) is 13.2 Å². The van der Waals surface area contributed by atoms with Crippen LogP contribution in [0, 0.1) is 17.5 Å². The van der Waals surface area contributed by atoms with Crippen molar-refractivity contribution >= 4 is 37.3 Å². The molecule has 0 aliphatic heterocycles. The average molecular weight is 473 g/mol. The number of nitrogens with zero attached hydrogens (tertiary/aromatic N) is 2. The molecule has 0 bridgehead atoms. The van der Waals surface area contributed by atoms with Crippen molar-refractivity contribution in [2.75, 3.05) is 19.5 Å². The minimum absolute atomic E-state index is 0.00794. The summed E-state index contributed by atoms with van der Waals surface area (Å²) in [5.41, 5.74) is 0.119. The molecule has 0 saturated carbocycles. The maximum Gasteiger partial charge on any atom is 0.248 e. The molecular formula is C20H19F3N2O4S2. The normalized spacial score (nSPS) is 12.6. The monoisotopic (exact) mass is 472 g/mol. The van der Waals surface area contributed by atoms with E-state index in [2.05, 4.69) is 4.99 Å². The molecule has 0 saturated heterocycles. The van der Waals surface area contributed by atoms with Gasteiger partial charge in [-0.2, -0.15) is 4.99 Å². The van der Waals surface area contributed by atoms with Crippen molar-refractivity contribution in [3.05, 3.63) is 58.7 Å². The molecule has 6 nitrogen and oxygen atoms in total. The number of rotatable bonds is 8. The van der Waals surface area contributed by atoms with Crippen molar-refractivity contribution in [2.24, 2.45) is 4.99 Å². The van der Waals surface area contributed by atoms with E-state index in [0.29, 0.717) is 4.70 Å². The Balaban J connectivity index is 1.79. The van der Waals surface area contributed by atoms with Crippen LogP contribution in [0.15, 0.2) is 46.3 Å². The van der Waals surface area contributed by atoms with Crippen molar-refractivity contribution < 1.29 is 31.1 Å². The number of halogens is 3. The number of fused-ring (bicyclic) bond motifs is 1. The topological polar surface area (TPSA) is 77.7 Å². The molecule has 3 aromatic rings. The molecule has 1 amide bonds. The maximum absolute atomic E-state index is 14.3. The third-order valence-electron chi connectivity index (χ3n) is 4.41. The van der Waals surface area contributed by atoms with Gasteiger partial charge in [-0.3, -0.25) is 4.79 Å². The Morgan fingerprint density at radius 2 is 1.84 bits per heavy atom. The van der Waals surface area contributed by atoms with Crippen LogP contribution in [0.5, 0.6) is 0 Å². The number of carbonyl (C=O) groups is 1. The maximum atomic E-state index is 14.3. The standard InChI is InChI=1S/C20H19F3N2O4S2/c1-29-9-8-25-19-16(23)11-14(22)12-17(19)30-20(25)24-18(26)3-2-10-31(27,28)15-6-4-13(21)5-7-15/h4-7,11-12H,2-3,8-10H2,1H3. The van der Waals surface area contributed by atoms with E-state index in [1.54, 1.807) is 0 Å². The Bertz CT molecular complexity index is 1270. The molecule has 0 unspecified atom stereocenters.